The summed E-state index contributed by atoms with van der Waals surface area (Å²) in [6, 6.07) is 6.55. The third-order valence-electron chi connectivity index (χ3n) is 3.13. The lowest BCUT2D eigenvalue weighted by Gasteiger charge is -2.29. The SMILES string of the molecule is Cc1cccc(S2(Cl)CCCC2)c1C. The predicted octanol–water partition coefficient (Wildman–Crippen LogP) is 4.41. The van der Waals surface area contributed by atoms with E-state index in [0.29, 0.717) is 0 Å². The van der Waals surface area contributed by atoms with Crippen LogP contribution in [0.25, 0.3) is 0 Å². The van der Waals surface area contributed by atoms with Gasteiger partial charge in [0.2, 0.25) is 0 Å². The number of benzene rings is 1. The molecular weight excluding hydrogens is 212 g/mol. The second-order valence-corrected chi connectivity index (χ2v) is 8.71. The molecule has 0 bridgehead atoms. The van der Waals surface area contributed by atoms with Crippen LogP contribution >= 0.6 is 19.9 Å². The fraction of sp³-hybridized carbons (Fsp3) is 0.500. The van der Waals surface area contributed by atoms with Crippen molar-refractivity contribution in [2.24, 2.45) is 0 Å². The largest absolute Gasteiger partial charge is 0.136 e. The highest BCUT2D eigenvalue weighted by Gasteiger charge is 2.29. The quantitative estimate of drug-likeness (QED) is 0.668. The van der Waals surface area contributed by atoms with Crippen LogP contribution in [0, 0.1) is 13.8 Å². The molecule has 0 nitrogen and oxygen atoms in total. The zero-order valence-electron chi connectivity index (χ0n) is 8.85. The van der Waals surface area contributed by atoms with Crippen molar-refractivity contribution in [1.29, 1.82) is 0 Å². The Morgan fingerprint density at radius 2 is 1.79 bits per heavy atom. The molecule has 1 saturated heterocycles. The van der Waals surface area contributed by atoms with E-state index >= 15 is 0 Å². The van der Waals surface area contributed by atoms with E-state index in [-0.39, 0.29) is 0 Å². The number of hydrogen-bond donors (Lipinski definition) is 0. The molecule has 0 spiro atoms. The van der Waals surface area contributed by atoms with Crippen molar-refractivity contribution in [3.63, 3.8) is 0 Å². The summed E-state index contributed by atoms with van der Waals surface area (Å²) in [5, 5.41) is 0. The van der Waals surface area contributed by atoms with Gasteiger partial charge in [-0.05, 0) is 55.4 Å². The van der Waals surface area contributed by atoms with Gasteiger partial charge in [0.05, 0.1) is 0 Å². The predicted molar refractivity (Wildman–Crippen MR) is 66.6 cm³/mol. The minimum atomic E-state index is -0.963. The molecule has 1 aliphatic heterocycles. The molecule has 2 heteroatoms. The van der Waals surface area contributed by atoms with Crippen molar-refractivity contribution in [2.45, 2.75) is 31.6 Å². The highest BCUT2D eigenvalue weighted by molar-refractivity contribution is 8.51. The Morgan fingerprint density at radius 3 is 2.43 bits per heavy atom. The molecule has 0 atom stereocenters. The van der Waals surface area contributed by atoms with Crippen LogP contribution in [0.5, 0.6) is 0 Å². The van der Waals surface area contributed by atoms with Gasteiger partial charge in [-0.25, -0.2) is 0 Å². The van der Waals surface area contributed by atoms with Crippen LogP contribution in [0.2, 0.25) is 0 Å². The molecule has 1 aliphatic rings. The minimum Gasteiger partial charge on any atom is -0.136 e. The van der Waals surface area contributed by atoms with Crippen molar-refractivity contribution >= 4 is 19.9 Å². The van der Waals surface area contributed by atoms with Crippen LogP contribution in [-0.2, 0) is 0 Å². The average molecular weight is 229 g/mol. The molecule has 1 fully saturated rings. The smallest absolute Gasteiger partial charge is 0.00619 e. The molecule has 0 unspecified atom stereocenters. The molecule has 0 aliphatic carbocycles. The second-order valence-electron chi connectivity index (χ2n) is 4.10. The van der Waals surface area contributed by atoms with E-state index in [4.69, 9.17) is 10.7 Å². The van der Waals surface area contributed by atoms with Gasteiger partial charge in [-0.3, -0.25) is 0 Å². The monoisotopic (exact) mass is 228 g/mol. The van der Waals surface area contributed by atoms with Gasteiger partial charge in [0.15, 0.2) is 0 Å². The molecule has 1 heterocycles. The zero-order valence-corrected chi connectivity index (χ0v) is 10.4. The van der Waals surface area contributed by atoms with Gasteiger partial charge in [-0.2, -0.15) is 0 Å². The Morgan fingerprint density at radius 1 is 1.14 bits per heavy atom. The molecule has 78 valence electrons. The summed E-state index contributed by atoms with van der Waals surface area (Å²) in [6.07, 6.45) is 2.62. The molecule has 0 radical (unpaired) electrons. The van der Waals surface area contributed by atoms with Gasteiger partial charge in [0.1, 0.15) is 0 Å². The van der Waals surface area contributed by atoms with Crippen molar-refractivity contribution < 1.29 is 0 Å². The van der Waals surface area contributed by atoms with E-state index in [9.17, 15) is 0 Å². The fourth-order valence-corrected chi connectivity index (χ4v) is 6.26. The van der Waals surface area contributed by atoms with E-state index < -0.39 is 9.24 Å². The Hall–Kier alpha value is -0.140. The zero-order chi connectivity index (χ0) is 10.2. The summed E-state index contributed by atoms with van der Waals surface area (Å²) < 4.78 is 0. The van der Waals surface area contributed by atoms with Gasteiger partial charge in [0, 0.05) is 4.90 Å². The Labute approximate surface area is 92.5 Å². The summed E-state index contributed by atoms with van der Waals surface area (Å²) in [6.45, 7) is 4.38. The van der Waals surface area contributed by atoms with Crippen molar-refractivity contribution in [3.05, 3.63) is 29.3 Å². The highest BCUT2D eigenvalue weighted by atomic mass is 35.7. The standard InChI is InChI=1S/C12H17ClS/c1-10-6-5-7-12(11(10)2)14(13)8-3-4-9-14/h5-7H,3-4,8-9H2,1-2H3. The topological polar surface area (TPSA) is 0 Å². The molecule has 14 heavy (non-hydrogen) atoms. The first-order valence-electron chi connectivity index (χ1n) is 5.18. The van der Waals surface area contributed by atoms with Crippen LogP contribution in [-0.4, -0.2) is 11.5 Å². The van der Waals surface area contributed by atoms with Crippen LogP contribution in [0.3, 0.4) is 0 Å². The summed E-state index contributed by atoms with van der Waals surface area (Å²) >= 11 is 0. The van der Waals surface area contributed by atoms with Gasteiger partial charge in [0.25, 0.3) is 0 Å². The maximum atomic E-state index is 6.76. The maximum Gasteiger partial charge on any atom is 0.00619 e. The molecule has 1 aromatic rings. The molecule has 0 saturated carbocycles. The van der Waals surface area contributed by atoms with Gasteiger partial charge in [-0.1, -0.05) is 22.8 Å². The number of hydrogen-bond acceptors (Lipinski definition) is 0. The van der Waals surface area contributed by atoms with E-state index in [0.717, 1.165) is 0 Å². The first-order chi connectivity index (χ1) is 6.63. The minimum absolute atomic E-state index is 0.963. The molecular formula is C12H17ClS. The van der Waals surface area contributed by atoms with Gasteiger partial charge >= 0.3 is 0 Å². The molecule has 2 rings (SSSR count). The molecule has 0 N–H and O–H groups in total. The molecule has 0 aromatic heterocycles. The number of halogens is 1. The summed E-state index contributed by atoms with van der Waals surface area (Å²) in [4.78, 5) is 1.44. The van der Waals surface area contributed by atoms with Crippen LogP contribution in [0.15, 0.2) is 23.1 Å². The summed E-state index contributed by atoms with van der Waals surface area (Å²) in [7, 11) is 5.79. The Bertz CT molecular complexity index is 340. The third kappa shape index (κ3) is 1.68. The third-order valence-corrected chi connectivity index (χ3v) is 7.66. The van der Waals surface area contributed by atoms with E-state index in [1.807, 2.05) is 0 Å². The molecule has 0 amide bonds. The lowest BCUT2D eigenvalue weighted by molar-refractivity contribution is 0.949. The van der Waals surface area contributed by atoms with E-state index in [1.165, 1.54) is 40.4 Å². The fourth-order valence-electron chi connectivity index (χ4n) is 2.10. The Kier molecular flexibility index (Phi) is 2.81. The van der Waals surface area contributed by atoms with Crippen LogP contribution < -0.4 is 0 Å². The average Bonchev–Trinajstić information content (AvgIpc) is 2.58. The summed E-state index contributed by atoms with van der Waals surface area (Å²) in [5.74, 6) is 2.44. The second kappa shape index (κ2) is 3.79. The van der Waals surface area contributed by atoms with E-state index in [2.05, 4.69) is 32.0 Å². The van der Waals surface area contributed by atoms with Gasteiger partial charge < -0.3 is 0 Å². The summed E-state index contributed by atoms with van der Waals surface area (Å²) in [5.41, 5.74) is 2.79. The lowest BCUT2D eigenvalue weighted by Crippen LogP contribution is -1.98. The van der Waals surface area contributed by atoms with Crippen LogP contribution in [0.1, 0.15) is 24.0 Å². The maximum absolute atomic E-state index is 6.76. The number of aryl methyl sites for hydroxylation is 1. The van der Waals surface area contributed by atoms with Gasteiger partial charge in [-0.15, -0.1) is 9.24 Å². The molecule has 1 aromatic carbocycles. The number of rotatable bonds is 1. The van der Waals surface area contributed by atoms with Crippen molar-refractivity contribution in [1.82, 2.24) is 0 Å². The van der Waals surface area contributed by atoms with E-state index in [1.54, 1.807) is 0 Å². The first kappa shape index (κ1) is 10.4. The highest BCUT2D eigenvalue weighted by Crippen LogP contribution is 2.65. The lowest BCUT2D eigenvalue weighted by atomic mass is 10.1. The first-order valence-corrected chi connectivity index (χ1v) is 7.98. The van der Waals surface area contributed by atoms with Crippen molar-refractivity contribution in [3.8, 4) is 0 Å². The van der Waals surface area contributed by atoms with Crippen LogP contribution in [0.4, 0.5) is 0 Å². The normalized spacial score (nSPS) is 22.2. The Balaban J connectivity index is 2.45. The van der Waals surface area contributed by atoms with Crippen molar-refractivity contribution in [2.75, 3.05) is 11.5 Å².